The van der Waals surface area contributed by atoms with Crippen molar-refractivity contribution in [1.82, 2.24) is 9.80 Å². The lowest BCUT2D eigenvalue weighted by molar-refractivity contribution is -0.00132. The van der Waals surface area contributed by atoms with E-state index in [1.807, 2.05) is 35.2 Å². The molecule has 4 rings (SSSR count). The Morgan fingerprint density at radius 1 is 1.20 bits per heavy atom. The Labute approximate surface area is 147 Å². The van der Waals surface area contributed by atoms with Crippen LogP contribution in [0.25, 0.3) is 0 Å². The van der Waals surface area contributed by atoms with Crippen molar-refractivity contribution in [2.45, 2.75) is 37.9 Å². The first-order valence-electron chi connectivity index (χ1n) is 9.07. The van der Waals surface area contributed by atoms with E-state index in [0.717, 1.165) is 12.1 Å². The maximum Gasteiger partial charge on any atom is 0.410 e. The zero-order valence-electron chi connectivity index (χ0n) is 14.4. The highest BCUT2D eigenvalue weighted by molar-refractivity contribution is 5.71. The SMILES string of the molecule is O=C(OCc1ccccc1)N1CCC2(CC1)CN(CC1CC1)C(=O)O2. The van der Waals surface area contributed by atoms with Gasteiger partial charge in [-0.1, -0.05) is 30.3 Å². The van der Waals surface area contributed by atoms with Crippen molar-refractivity contribution in [3.05, 3.63) is 35.9 Å². The van der Waals surface area contributed by atoms with E-state index in [9.17, 15) is 9.59 Å². The van der Waals surface area contributed by atoms with E-state index in [0.29, 0.717) is 38.4 Å². The second-order valence-corrected chi connectivity index (χ2v) is 7.40. The summed E-state index contributed by atoms with van der Waals surface area (Å²) in [4.78, 5) is 27.9. The first kappa shape index (κ1) is 16.2. The van der Waals surface area contributed by atoms with Crippen molar-refractivity contribution in [2.24, 2.45) is 5.92 Å². The Kier molecular flexibility index (Phi) is 4.27. The Bertz CT molecular complexity index is 636. The van der Waals surface area contributed by atoms with Gasteiger partial charge in [0.1, 0.15) is 12.2 Å². The van der Waals surface area contributed by atoms with Gasteiger partial charge in [-0.2, -0.15) is 0 Å². The molecular formula is C19H24N2O4. The number of piperidine rings is 1. The second kappa shape index (κ2) is 6.58. The lowest BCUT2D eigenvalue weighted by atomic mass is 9.91. The number of amides is 2. The number of ether oxygens (including phenoxy) is 2. The summed E-state index contributed by atoms with van der Waals surface area (Å²) in [6.45, 7) is 2.90. The maximum atomic E-state index is 12.2. The smallest absolute Gasteiger partial charge is 0.410 e. The van der Waals surface area contributed by atoms with Crippen LogP contribution >= 0.6 is 0 Å². The molecule has 1 aromatic rings. The van der Waals surface area contributed by atoms with Gasteiger partial charge in [-0.05, 0) is 24.3 Å². The molecule has 2 amide bonds. The number of carbonyl (C=O) groups is 2. The molecule has 0 aromatic heterocycles. The molecule has 0 N–H and O–H groups in total. The van der Waals surface area contributed by atoms with Gasteiger partial charge in [-0.25, -0.2) is 9.59 Å². The molecule has 1 aliphatic carbocycles. The number of hydrogen-bond acceptors (Lipinski definition) is 4. The topological polar surface area (TPSA) is 59.1 Å². The molecule has 0 radical (unpaired) electrons. The second-order valence-electron chi connectivity index (χ2n) is 7.40. The Balaban J connectivity index is 1.26. The van der Waals surface area contributed by atoms with Crippen molar-refractivity contribution in [1.29, 1.82) is 0 Å². The fraction of sp³-hybridized carbons (Fsp3) is 0.579. The number of benzene rings is 1. The monoisotopic (exact) mass is 344 g/mol. The molecule has 3 aliphatic rings. The van der Waals surface area contributed by atoms with Crippen molar-refractivity contribution >= 4 is 12.2 Å². The summed E-state index contributed by atoms with van der Waals surface area (Å²) in [6, 6.07) is 9.66. The maximum absolute atomic E-state index is 12.2. The van der Waals surface area contributed by atoms with Crippen LogP contribution in [-0.2, 0) is 16.1 Å². The highest BCUT2D eigenvalue weighted by Crippen LogP contribution is 2.37. The number of nitrogens with zero attached hydrogens (tertiary/aromatic N) is 2. The lowest BCUT2D eigenvalue weighted by Crippen LogP contribution is -2.48. The fourth-order valence-corrected chi connectivity index (χ4v) is 3.61. The predicted molar refractivity (Wildman–Crippen MR) is 90.9 cm³/mol. The van der Waals surface area contributed by atoms with Crippen molar-refractivity contribution in [3.63, 3.8) is 0 Å². The van der Waals surface area contributed by atoms with Gasteiger partial charge < -0.3 is 19.3 Å². The van der Waals surface area contributed by atoms with Gasteiger partial charge in [0.2, 0.25) is 0 Å². The fourth-order valence-electron chi connectivity index (χ4n) is 3.61. The normalized spacial score (nSPS) is 22.2. The average molecular weight is 344 g/mol. The summed E-state index contributed by atoms with van der Waals surface area (Å²) in [5.41, 5.74) is 0.562. The number of hydrogen-bond donors (Lipinski definition) is 0. The standard InChI is InChI=1S/C19H24N2O4/c22-17(24-13-16-4-2-1-3-5-16)20-10-8-19(9-11-20)14-21(18(23)25-19)12-15-6-7-15/h1-5,15H,6-14H2. The largest absolute Gasteiger partial charge is 0.445 e. The summed E-state index contributed by atoms with van der Waals surface area (Å²) < 4.78 is 11.1. The van der Waals surface area contributed by atoms with Crippen LogP contribution < -0.4 is 0 Å². The van der Waals surface area contributed by atoms with Gasteiger partial charge in [0.15, 0.2) is 0 Å². The van der Waals surface area contributed by atoms with Crippen LogP contribution in [0, 0.1) is 5.92 Å². The van der Waals surface area contributed by atoms with Crippen LogP contribution in [0.2, 0.25) is 0 Å². The predicted octanol–water partition coefficient (Wildman–Crippen LogP) is 3.02. The van der Waals surface area contributed by atoms with Crippen molar-refractivity contribution < 1.29 is 19.1 Å². The molecule has 0 atom stereocenters. The van der Waals surface area contributed by atoms with E-state index in [-0.39, 0.29) is 18.8 Å². The lowest BCUT2D eigenvalue weighted by Gasteiger charge is -2.36. The minimum absolute atomic E-state index is 0.188. The van der Waals surface area contributed by atoms with Crippen LogP contribution in [-0.4, -0.2) is 53.8 Å². The van der Waals surface area contributed by atoms with E-state index < -0.39 is 5.60 Å². The molecule has 1 spiro atoms. The van der Waals surface area contributed by atoms with Gasteiger partial charge in [0.05, 0.1) is 6.54 Å². The summed E-state index contributed by atoms with van der Waals surface area (Å²) in [5.74, 6) is 0.663. The third-order valence-electron chi connectivity index (χ3n) is 5.35. The van der Waals surface area contributed by atoms with Crippen LogP contribution in [0.1, 0.15) is 31.2 Å². The van der Waals surface area contributed by atoms with Gasteiger partial charge in [-0.15, -0.1) is 0 Å². The van der Waals surface area contributed by atoms with Crippen LogP contribution in [0.5, 0.6) is 0 Å². The molecular weight excluding hydrogens is 320 g/mol. The highest BCUT2D eigenvalue weighted by atomic mass is 16.6. The van der Waals surface area contributed by atoms with Crippen LogP contribution in [0.15, 0.2) is 30.3 Å². The number of carbonyl (C=O) groups excluding carboxylic acids is 2. The molecule has 2 saturated heterocycles. The Hall–Kier alpha value is -2.24. The van der Waals surface area contributed by atoms with Crippen molar-refractivity contribution in [3.8, 4) is 0 Å². The van der Waals surface area contributed by atoms with Gasteiger partial charge in [-0.3, -0.25) is 0 Å². The Morgan fingerprint density at radius 3 is 2.60 bits per heavy atom. The Morgan fingerprint density at radius 2 is 1.92 bits per heavy atom. The van der Waals surface area contributed by atoms with Gasteiger partial charge in [0, 0.05) is 32.5 Å². The molecule has 25 heavy (non-hydrogen) atoms. The molecule has 3 fully saturated rings. The molecule has 1 saturated carbocycles. The zero-order chi connectivity index (χ0) is 17.3. The quantitative estimate of drug-likeness (QED) is 0.842. The minimum atomic E-state index is -0.415. The van der Waals surface area contributed by atoms with E-state index in [2.05, 4.69) is 0 Å². The molecule has 0 bridgehead atoms. The molecule has 1 aromatic carbocycles. The van der Waals surface area contributed by atoms with E-state index in [1.165, 1.54) is 12.8 Å². The zero-order valence-corrected chi connectivity index (χ0v) is 14.4. The first-order valence-corrected chi connectivity index (χ1v) is 9.07. The first-order chi connectivity index (χ1) is 12.1. The van der Waals surface area contributed by atoms with Gasteiger partial charge in [0.25, 0.3) is 0 Å². The molecule has 0 unspecified atom stereocenters. The molecule has 134 valence electrons. The van der Waals surface area contributed by atoms with Crippen LogP contribution in [0.3, 0.4) is 0 Å². The van der Waals surface area contributed by atoms with Crippen LogP contribution in [0.4, 0.5) is 9.59 Å². The summed E-state index contributed by atoms with van der Waals surface area (Å²) >= 11 is 0. The molecule has 2 heterocycles. The third-order valence-corrected chi connectivity index (χ3v) is 5.35. The van der Waals surface area contributed by atoms with E-state index in [4.69, 9.17) is 9.47 Å². The average Bonchev–Trinajstić information content (AvgIpc) is 3.39. The number of rotatable bonds is 4. The summed E-state index contributed by atoms with van der Waals surface area (Å²) in [6.07, 6.45) is 3.32. The van der Waals surface area contributed by atoms with E-state index in [1.54, 1.807) is 4.90 Å². The molecule has 6 nitrogen and oxygen atoms in total. The van der Waals surface area contributed by atoms with E-state index >= 15 is 0 Å². The summed E-state index contributed by atoms with van der Waals surface area (Å²) in [5, 5.41) is 0. The molecule has 6 heteroatoms. The minimum Gasteiger partial charge on any atom is -0.445 e. The van der Waals surface area contributed by atoms with Gasteiger partial charge >= 0.3 is 12.2 Å². The number of likely N-dealkylation sites (tertiary alicyclic amines) is 1. The third kappa shape index (κ3) is 3.72. The van der Waals surface area contributed by atoms with Crippen molar-refractivity contribution in [2.75, 3.05) is 26.2 Å². The summed E-state index contributed by atoms with van der Waals surface area (Å²) in [7, 11) is 0. The molecule has 2 aliphatic heterocycles. The highest BCUT2D eigenvalue weighted by Gasteiger charge is 2.48.